The molecule has 1 rings (SSSR count). The highest BCUT2D eigenvalue weighted by molar-refractivity contribution is 5.81. The third-order valence-corrected chi connectivity index (χ3v) is 12.7. The van der Waals surface area contributed by atoms with E-state index in [9.17, 15) is 35.1 Å². The zero-order valence-electron chi connectivity index (χ0n) is 45.7. The van der Waals surface area contributed by atoms with Gasteiger partial charge in [-0.3, -0.25) is 9.59 Å². The highest BCUT2D eigenvalue weighted by atomic mass is 16.7. The lowest BCUT2D eigenvalue weighted by Gasteiger charge is -2.41. The number of esters is 1. The summed E-state index contributed by atoms with van der Waals surface area (Å²) in [5.41, 5.74) is 0. The fourth-order valence-corrected chi connectivity index (χ4v) is 8.11. The van der Waals surface area contributed by atoms with Gasteiger partial charge >= 0.3 is 5.97 Å². The Morgan fingerprint density at radius 1 is 0.548 bits per heavy atom. The number of ether oxygens (including phenoxy) is 3. The molecular weight excluding hydrogens is 919 g/mol. The fraction of sp³-hybridized carbons (Fsp3) is 0.677. The standard InChI is InChI=1S/C62H103NO10/c1-4-7-10-13-16-19-22-24-25-26-27-28-29-30-31-32-35-38-41-44-47-50-57(67)73-60-59(69)58(68)56(51-64)72-62(60)71-52-53(54(65)48-45-42-39-36-33-21-18-15-12-9-6-3)63-61(70)55(66)49-46-43-40-37-34-23-20-17-14-11-8-5-2/h7,10,16,19,24-25,27-28,30-31,34-35,37-38,43,45-46,48,53-56,58-60,62,64-66,68-69H,4-6,8-9,11-15,17-18,20-23,26,29,32-33,36,39-42,44,47,49-52H2,1-3H3,(H,63,70)/b10-7-,19-16-,25-24-,28-27-,31-30-,37-34-,38-35-,46-43+,48-45+. The predicted octanol–water partition coefficient (Wildman–Crippen LogP) is 12.9. The molecule has 6 N–H and O–H groups in total. The van der Waals surface area contributed by atoms with Crippen LogP contribution in [0.1, 0.15) is 207 Å². The van der Waals surface area contributed by atoms with E-state index in [1.54, 1.807) is 12.2 Å². The maximum absolute atomic E-state index is 13.3. The predicted molar refractivity (Wildman–Crippen MR) is 301 cm³/mol. The molecule has 416 valence electrons. The number of carbonyl (C=O) groups excluding carboxylic acids is 2. The molecule has 0 aromatic rings. The van der Waals surface area contributed by atoms with E-state index in [0.29, 0.717) is 12.8 Å². The first-order chi connectivity index (χ1) is 35.7. The normalized spacial score (nSPS) is 20.2. The first-order valence-electron chi connectivity index (χ1n) is 28.7. The average molecular weight is 1020 g/mol. The lowest BCUT2D eigenvalue weighted by Crippen LogP contribution is -2.61. The third-order valence-electron chi connectivity index (χ3n) is 12.7. The van der Waals surface area contributed by atoms with Crippen LogP contribution < -0.4 is 5.32 Å². The Morgan fingerprint density at radius 2 is 0.986 bits per heavy atom. The van der Waals surface area contributed by atoms with Crippen molar-refractivity contribution < 1.29 is 49.3 Å². The first-order valence-corrected chi connectivity index (χ1v) is 28.7. The Labute approximate surface area is 443 Å². The number of carbonyl (C=O) groups is 2. The minimum Gasteiger partial charge on any atom is -0.454 e. The molecule has 1 heterocycles. The zero-order valence-corrected chi connectivity index (χ0v) is 45.7. The molecule has 0 radical (unpaired) electrons. The van der Waals surface area contributed by atoms with Crippen molar-refractivity contribution in [1.29, 1.82) is 0 Å². The van der Waals surface area contributed by atoms with Gasteiger partial charge in [0.1, 0.15) is 24.4 Å². The van der Waals surface area contributed by atoms with Crippen LogP contribution in [0.4, 0.5) is 0 Å². The second kappa shape index (κ2) is 49.2. The van der Waals surface area contributed by atoms with Gasteiger partial charge in [0.05, 0.1) is 25.4 Å². The molecule has 11 heteroatoms. The molecule has 0 spiro atoms. The number of aliphatic hydroxyl groups excluding tert-OH is 5. The maximum atomic E-state index is 13.3. The number of aliphatic hydroxyl groups is 5. The molecule has 0 aromatic heterocycles. The van der Waals surface area contributed by atoms with Crippen LogP contribution in [0.15, 0.2) is 109 Å². The van der Waals surface area contributed by atoms with Gasteiger partial charge in [0, 0.05) is 12.8 Å². The van der Waals surface area contributed by atoms with Crippen LogP contribution in [0.5, 0.6) is 0 Å². The van der Waals surface area contributed by atoms with Gasteiger partial charge in [0.25, 0.3) is 0 Å². The number of rotatable bonds is 46. The Kier molecular flexibility index (Phi) is 45.4. The number of nitrogens with one attached hydrogen (secondary N) is 1. The molecule has 1 fully saturated rings. The number of hydrogen-bond acceptors (Lipinski definition) is 10. The summed E-state index contributed by atoms with van der Waals surface area (Å²) in [6.07, 6.45) is 55.9. The molecule has 1 aliphatic rings. The summed E-state index contributed by atoms with van der Waals surface area (Å²) in [6, 6.07) is -1.07. The summed E-state index contributed by atoms with van der Waals surface area (Å²) < 4.78 is 17.5. The minimum absolute atomic E-state index is 0.0566. The fourth-order valence-electron chi connectivity index (χ4n) is 8.11. The molecule has 1 aliphatic heterocycles. The van der Waals surface area contributed by atoms with Gasteiger partial charge in [-0.25, -0.2) is 0 Å². The van der Waals surface area contributed by atoms with E-state index in [-0.39, 0.29) is 19.4 Å². The van der Waals surface area contributed by atoms with Crippen molar-refractivity contribution in [3.63, 3.8) is 0 Å². The second-order valence-corrected chi connectivity index (χ2v) is 19.3. The highest BCUT2D eigenvalue weighted by Crippen LogP contribution is 2.26. The molecule has 0 bridgehead atoms. The summed E-state index contributed by atoms with van der Waals surface area (Å²) >= 11 is 0. The molecule has 1 amide bonds. The molecule has 0 aliphatic carbocycles. The smallest absolute Gasteiger partial charge is 0.306 e. The highest BCUT2D eigenvalue weighted by Gasteiger charge is 2.47. The summed E-state index contributed by atoms with van der Waals surface area (Å²) in [5.74, 6) is -1.32. The van der Waals surface area contributed by atoms with E-state index in [2.05, 4.69) is 111 Å². The third kappa shape index (κ3) is 37.7. The van der Waals surface area contributed by atoms with E-state index in [1.807, 2.05) is 12.2 Å². The first kappa shape index (κ1) is 67.3. The number of unbranched alkanes of at least 4 members (excludes halogenated alkanes) is 17. The van der Waals surface area contributed by atoms with Crippen LogP contribution in [0.3, 0.4) is 0 Å². The molecule has 11 nitrogen and oxygen atoms in total. The molecule has 8 unspecified atom stereocenters. The topological polar surface area (TPSA) is 175 Å². The summed E-state index contributed by atoms with van der Waals surface area (Å²) in [5, 5.41) is 56.6. The van der Waals surface area contributed by atoms with Crippen LogP contribution in [0.2, 0.25) is 0 Å². The van der Waals surface area contributed by atoms with E-state index >= 15 is 0 Å². The van der Waals surface area contributed by atoms with E-state index in [0.717, 1.165) is 83.5 Å². The van der Waals surface area contributed by atoms with Crippen molar-refractivity contribution in [2.75, 3.05) is 13.2 Å². The molecule has 1 saturated heterocycles. The summed E-state index contributed by atoms with van der Waals surface area (Å²) in [7, 11) is 0. The largest absolute Gasteiger partial charge is 0.454 e. The van der Waals surface area contributed by atoms with Crippen molar-refractivity contribution >= 4 is 11.9 Å². The lowest BCUT2D eigenvalue weighted by atomic mass is 9.99. The number of hydrogen-bond donors (Lipinski definition) is 6. The Hall–Kier alpha value is -3.68. The van der Waals surface area contributed by atoms with Gasteiger partial charge in [0.15, 0.2) is 12.4 Å². The Balaban J connectivity index is 2.76. The van der Waals surface area contributed by atoms with Crippen molar-refractivity contribution in [1.82, 2.24) is 5.32 Å². The van der Waals surface area contributed by atoms with E-state index < -0.39 is 67.4 Å². The van der Waals surface area contributed by atoms with Crippen molar-refractivity contribution in [2.45, 2.75) is 256 Å². The van der Waals surface area contributed by atoms with E-state index in [4.69, 9.17) is 14.2 Å². The van der Waals surface area contributed by atoms with Crippen LogP contribution in [0, 0.1) is 0 Å². The summed E-state index contributed by atoms with van der Waals surface area (Å²) in [6.45, 7) is 5.56. The monoisotopic (exact) mass is 1020 g/mol. The van der Waals surface area contributed by atoms with Gasteiger partial charge in [-0.1, -0.05) is 214 Å². The SMILES string of the molecule is CC/C=C\C/C=C\C/C=C\C/C=C\C/C=C\C/C=C\CCCCC(=O)OC1C(OCC(NC(=O)C(O)C/C=C/C/C=C\CCCCCCCC)C(O)/C=C/CCCCCCCCCCC)OC(CO)C(O)C1O. The Bertz CT molecular complexity index is 1600. The van der Waals surface area contributed by atoms with Gasteiger partial charge < -0.3 is 45.1 Å². The quantitative estimate of drug-likeness (QED) is 0.0196. The maximum Gasteiger partial charge on any atom is 0.306 e. The molecular formula is C62H103NO10. The van der Waals surface area contributed by atoms with Crippen molar-refractivity contribution in [3.8, 4) is 0 Å². The van der Waals surface area contributed by atoms with Crippen LogP contribution in [0.25, 0.3) is 0 Å². The van der Waals surface area contributed by atoms with Crippen molar-refractivity contribution in [3.05, 3.63) is 109 Å². The molecule has 0 saturated carbocycles. The summed E-state index contributed by atoms with van der Waals surface area (Å²) in [4.78, 5) is 26.4. The minimum atomic E-state index is -1.65. The lowest BCUT2D eigenvalue weighted by molar-refractivity contribution is -0.305. The van der Waals surface area contributed by atoms with Crippen LogP contribution in [-0.4, -0.2) is 99.6 Å². The number of allylic oxidation sites excluding steroid dienone is 16. The molecule has 8 atom stereocenters. The zero-order chi connectivity index (χ0) is 53.3. The van der Waals surface area contributed by atoms with Crippen LogP contribution in [-0.2, 0) is 23.8 Å². The van der Waals surface area contributed by atoms with Gasteiger partial charge in [-0.15, -0.1) is 0 Å². The van der Waals surface area contributed by atoms with E-state index in [1.165, 1.54) is 77.0 Å². The second-order valence-electron chi connectivity index (χ2n) is 19.3. The Morgan fingerprint density at radius 3 is 1.48 bits per heavy atom. The average Bonchev–Trinajstić information content (AvgIpc) is 3.39. The molecule has 0 aromatic carbocycles. The number of amides is 1. The molecule has 73 heavy (non-hydrogen) atoms. The van der Waals surface area contributed by atoms with Crippen molar-refractivity contribution in [2.24, 2.45) is 0 Å². The van der Waals surface area contributed by atoms with Gasteiger partial charge in [-0.2, -0.15) is 0 Å². The van der Waals surface area contributed by atoms with Gasteiger partial charge in [0.2, 0.25) is 5.91 Å². The van der Waals surface area contributed by atoms with Crippen LogP contribution >= 0.6 is 0 Å². The van der Waals surface area contributed by atoms with Gasteiger partial charge in [-0.05, 0) is 89.9 Å².